The molecule has 1 amide bonds. The second-order valence-corrected chi connectivity index (χ2v) is 6.37. The molecule has 4 aromatic rings. The summed E-state index contributed by atoms with van der Waals surface area (Å²) in [6, 6.07) is 20.9. The quantitative estimate of drug-likeness (QED) is 0.526. The first kappa shape index (κ1) is 17.6. The number of rotatable bonds is 4. The van der Waals surface area contributed by atoms with Gasteiger partial charge in [0.05, 0.1) is 11.2 Å². The number of anilines is 2. The van der Waals surface area contributed by atoms with Crippen LogP contribution in [0.3, 0.4) is 0 Å². The highest BCUT2D eigenvalue weighted by Crippen LogP contribution is 2.25. The van der Waals surface area contributed by atoms with Crippen LogP contribution >= 0.6 is 0 Å². The third kappa shape index (κ3) is 3.40. The van der Waals surface area contributed by atoms with Crippen LogP contribution in [-0.4, -0.2) is 29.8 Å². The Hall–Kier alpha value is -3.80. The lowest BCUT2D eigenvalue weighted by atomic mass is 10.2. The summed E-state index contributed by atoms with van der Waals surface area (Å²) in [6.45, 7) is 0. The van der Waals surface area contributed by atoms with E-state index in [-0.39, 0.29) is 0 Å². The molecule has 0 aliphatic rings. The highest BCUT2D eigenvalue weighted by Gasteiger charge is 2.14. The molecule has 6 heteroatoms. The molecule has 0 unspecified atom stereocenters. The predicted octanol–water partition coefficient (Wildman–Crippen LogP) is 4.57. The molecular formula is C22H20N4O2. The topological polar surface area (TPSA) is 50.6 Å². The molecule has 0 saturated heterocycles. The highest BCUT2D eigenvalue weighted by molar-refractivity contribution is 5.89. The molecule has 0 aliphatic heterocycles. The SMILES string of the molecule is CN(C(=O)Oc1ccc2c(ccn2N(C)c2ccncc2)c1)c1ccccc1. The Bertz CT molecular complexity index is 1090. The van der Waals surface area contributed by atoms with Gasteiger partial charge in [-0.1, -0.05) is 18.2 Å². The van der Waals surface area contributed by atoms with Crippen molar-refractivity contribution >= 4 is 28.4 Å². The summed E-state index contributed by atoms with van der Waals surface area (Å²) in [7, 11) is 3.67. The second kappa shape index (κ2) is 7.44. The molecule has 140 valence electrons. The Kier molecular flexibility index (Phi) is 4.68. The molecule has 0 bridgehead atoms. The summed E-state index contributed by atoms with van der Waals surface area (Å²) < 4.78 is 7.58. The second-order valence-electron chi connectivity index (χ2n) is 6.37. The summed E-state index contributed by atoms with van der Waals surface area (Å²) in [5, 5.41) is 3.01. The Morgan fingerprint density at radius 1 is 0.929 bits per heavy atom. The van der Waals surface area contributed by atoms with E-state index in [1.807, 2.05) is 83.6 Å². The molecule has 6 nitrogen and oxygen atoms in total. The van der Waals surface area contributed by atoms with Gasteiger partial charge < -0.3 is 4.74 Å². The molecule has 0 aliphatic carbocycles. The summed E-state index contributed by atoms with van der Waals surface area (Å²) in [5.74, 6) is 0.504. The van der Waals surface area contributed by atoms with Crippen molar-refractivity contribution in [3.05, 3.63) is 85.3 Å². The van der Waals surface area contributed by atoms with Gasteiger partial charge in [-0.25, -0.2) is 4.79 Å². The third-order valence-electron chi connectivity index (χ3n) is 4.62. The highest BCUT2D eigenvalue weighted by atomic mass is 16.6. The number of benzene rings is 2. The van der Waals surface area contributed by atoms with E-state index in [0.29, 0.717) is 5.75 Å². The molecule has 0 spiro atoms. The molecule has 0 N–H and O–H groups in total. The summed E-state index contributed by atoms with van der Waals surface area (Å²) in [6.07, 6.45) is 5.07. The average molecular weight is 372 g/mol. The molecular weight excluding hydrogens is 352 g/mol. The van der Waals surface area contributed by atoms with Gasteiger partial charge in [-0.05, 0) is 48.5 Å². The van der Waals surface area contributed by atoms with Gasteiger partial charge in [0.15, 0.2) is 0 Å². The minimum absolute atomic E-state index is 0.432. The smallest absolute Gasteiger partial charge is 0.410 e. The largest absolute Gasteiger partial charge is 0.419 e. The van der Waals surface area contributed by atoms with E-state index in [1.54, 1.807) is 25.5 Å². The van der Waals surface area contributed by atoms with Gasteiger partial charge >= 0.3 is 6.09 Å². The first-order valence-corrected chi connectivity index (χ1v) is 8.89. The number of fused-ring (bicyclic) bond motifs is 1. The van der Waals surface area contributed by atoms with Crippen LogP contribution in [0.15, 0.2) is 85.3 Å². The zero-order valence-electron chi connectivity index (χ0n) is 15.7. The first-order chi connectivity index (χ1) is 13.6. The van der Waals surface area contributed by atoms with E-state index in [1.165, 1.54) is 4.90 Å². The molecule has 28 heavy (non-hydrogen) atoms. The maximum absolute atomic E-state index is 12.4. The van der Waals surface area contributed by atoms with Gasteiger partial charge in [-0.2, -0.15) is 0 Å². The minimum atomic E-state index is -0.432. The molecule has 0 radical (unpaired) electrons. The van der Waals surface area contributed by atoms with Crippen molar-refractivity contribution in [2.75, 3.05) is 24.0 Å². The van der Waals surface area contributed by atoms with E-state index in [0.717, 1.165) is 22.3 Å². The Balaban J connectivity index is 1.55. The normalized spacial score (nSPS) is 10.6. The number of pyridine rings is 1. The zero-order chi connectivity index (χ0) is 19.5. The van der Waals surface area contributed by atoms with Gasteiger partial charge in [0.2, 0.25) is 0 Å². The van der Waals surface area contributed by atoms with E-state index in [9.17, 15) is 4.79 Å². The molecule has 0 atom stereocenters. The van der Waals surface area contributed by atoms with Crippen molar-refractivity contribution in [2.45, 2.75) is 0 Å². The summed E-state index contributed by atoms with van der Waals surface area (Å²) in [5.41, 5.74) is 2.81. The number of carbonyl (C=O) groups excluding carboxylic acids is 1. The van der Waals surface area contributed by atoms with Crippen LogP contribution in [0.4, 0.5) is 16.2 Å². The molecule has 2 aromatic heterocycles. The van der Waals surface area contributed by atoms with Crippen molar-refractivity contribution in [3.8, 4) is 5.75 Å². The van der Waals surface area contributed by atoms with Crippen LogP contribution in [0.2, 0.25) is 0 Å². The Labute approximate surface area is 163 Å². The number of hydrogen-bond acceptors (Lipinski definition) is 4. The number of para-hydroxylation sites is 1. The van der Waals surface area contributed by atoms with Crippen molar-refractivity contribution in [1.29, 1.82) is 0 Å². The van der Waals surface area contributed by atoms with Crippen LogP contribution in [-0.2, 0) is 0 Å². The molecule has 0 saturated carbocycles. The lowest BCUT2D eigenvalue weighted by molar-refractivity contribution is 0.209. The van der Waals surface area contributed by atoms with E-state index >= 15 is 0 Å². The molecule has 4 rings (SSSR count). The zero-order valence-corrected chi connectivity index (χ0v) is 15.7. The lowest BCUT2D eigenvalue weighted by Gasteiger charge is -2.22. The van der Waals surface area contributed by atoms with Crippen LogP contribution in [0.1, 0.15) is 0 Å². The van der Waals surface area contributed by atoms with Crippen molar-refractivity contribution in [3.63, 3.8) is 0 Å². The van der Waals surface area contributed by atoms with Crippen LogP contribution in [0, 0.1) is 0 Å². The number of hydrogen-bond donors (Lipinski definition) is 0. The molecule has 2 aromatic carbocycles. The van der Waals surface area contributed by atoms with Crippen LogP contribution < -0.4 is 14.6 Å². The number of ether oxygens (including phenoxy) is 1. The van der Waals surface area contributed by atoms with Crippen LogP contribution in [0.25, 0.3) is 10.9 Å². The number of aromatic nitrogens is 2. The minimum Gasteiger partial charge on any atom is -0.410 e. The standard InChI is InChI=1S/C22H20N4O2/c1-24(18-6-4-3-5-7-18)22(27)28-20-8-9-21-17(16-20)12-15-26(21)25(2)19-10-13-23-14-11-19/h3-16H,1-2H3. The lowest BCUT2D eigenvalue weighted by Crippen LogP contribution is -2.29. The Morgan fingerprint density at radius 2 is 1.68 bits per heavy atom. The number of nitrogens with zero attached hydrogens (tertiary/aromatic N) is 4. The van der Waals surface area contributed by atoms with Crippen molar-refractivity contribution in [2.24, 2.45) is 0 Å². The van der Waals surface area contributed by atoms with Crippen molar-refractivity contribution < 1.29 is 9.53 Å². The van der Waals surface area contributed by atoms with Gasteiger partial charge in [0.25, 0.3) is 0 Å². The first-order valence-electron chi connectivity index (χ1n) is 8.89. The fraction of sp³-hybridized carbons (Fsp3) is 0.0909. The van der Waals surface area contributed by atoms with E-state index < -0.39 is 6.09 Å². The van der Waals surface area contributed by atoms with E-state index in [2.05, 4.69) is 4.98 Å². The molecule has 2 heterocycles. The fourth-order valence-electron chi connectivity index (χ4n) is 3.04. The number of carbonyl (C=O) groups is 1. The summed E-state index contributed by atoms with van der Waals surface area (Å²) >= 11 is 0. The number of amides is 1. The van der Waals surface area contributed by atoms with Crippen molar-refractivity contribution in [1.82, 2.24) is 9.66 Å². The van der Waals surface area contributed by atoms with Gasteiger partial charge in [-0.3, -0.25) is 19.6 Å². The third-order valence-corrected chi connectivity index (χ3v) is 4.62. The van der Waals surface area contributed by atoms with Gasteiger partial charge in [0.1, 0.15) is 5.75 Å². The average Bonchev–Trinajstić information content (AvgIpc) is 3.17. The predicted molar refractivity (Wildman–Crippen MR) is 111 cm³/mol. The monoisotopic (exact) mass is 372 g/mol. The fourth-order valence-corrected chi connectivity index (χ4v) is 3.04. The maximum atomic E-state index is 12.4. The van der Waals surface area contributed by atoms with Gasteiger partial charge in [-0.15, -0.1) is 0 Å². The summed E-state index contributed by atoms with van der Waals surface area (Å²) in [4.78, 5) is 18.0. The Morgan fingerprint density at radius 3 is 2.43 bits per heavy atom. The molecule has 0 fully saturated rings. The van der Waals surface area contributed by atoms with Gasteiger partial charge in [0, 0.05) is 43.8 Å². The van der Waals surface area contributed by atoms with Crippen LogP contribution in [0.5, 0.6) is 5.75 Å². The van der Waals surface area contributed by atoms with E-state index in [4.69, 9.17) is 4.74 Å². The maximum Gasteiger partial charge on any atom is 0.419 e.